The first-order valence-corrected chi connectivity index (χ1v) is 10.3. The third-order valence-electron chi connectivity index (χ3n) is 5.86. The van der Waals surface area contributed by atoms with Gasteiger partial charge in [0.15, 0.2) is 0 Å². The number of fused-ring (bicyclic) bond motifs is 1. The number of benzene rings is 1. The van der Waals surface area contributed by atoms with Crippen molar-refractivity contribution < 1.29 is 14.7 Å². The lowest BCUT2D eigenvalue weighted by atomic mass is 9.85. The molecule has 0 spiro atoms. The molecule has 1 aliphatic heterocycles. The van der Waals surface area contributed by atoms with Gasteiger partial charge in [-0.25, -0.2) is 4.79 Å². The normalized spacial score (nSPS) is 21.6. The van der Waals surface area contributed by atoms with Crippen molar-refractivity contribution in [3.63, 3.8) is 0 Å². The van der Waals surface area contributed by atoms with Crippen molar-refractivity contribution in [2.45, 2.75) is 51.2 Å². The van der Waals surface area contributed by atoms with Crippen LogP contribution in [0.5, 0.6) is 0 Å². The van der Waals surface area contributed by atoms with Gasteiger partial charge >= 0.3 is 12.0 Å². The molecule has 7 heteroatoms. The summed E-state index contributed by atoms with van der Waals surface area (Å²) < 4.78 is 0. The molecule has 28 heavy (non-hydrogen) atoms. The van der Waals surface area contributed by atoms with Crippen LogP contribution in [-0.2, 0) is 17.8 Å². The van der Waals surface area contributed by atoms with E-state index < -0.39 is 5.97 Å². The van der Waals surface area contributed by atoms with Gasteiger partial charge in [0.05, 0.1) is 6.54 Å². The summed E-state index contributed by atoms with van der Waals surface area (Å²) in [6.07, 6.45) is 3.68. The monoisotopic (exact) mass is 388 g/mol. The Morgan fingerprint density at radius 3 is 2.71 bits per heavy atom. The van der Waals surface area contributed by atoms with E-state index in [-0.39, 0.29) is 24.7 Å². The number of carbonyl (C=O) groups is 2. The Hall–Kier alpha value is -2.12. The number of carboxylic acids is 1. The van der Waals surface area contributed by atoms with Crippen LogP contribution in [0.25, 0.3) is 0 Å². The minimum Gasteiger partial charge on any atom is -0.480 e. The van der Waals surface area contributed by atoms with Crippen molar-refractivity contribution in [3.05, 3.63) is 35.4 Å². The second-order valence-electron chi connectivity index (χ2n) is 7.83. The minimum absolute atomic E-state index is 0.0705. The molecule has 3 N–H and O–H groups in total. The number of carboxylic acid groups (broad SMARTS) is 1. The topological polar surface area (TPSA) is 84.9 Å². The molecule has 1 fully saturated rings. The SMILES string of the molecule is CCN(CC(=O)O)C1CC(NC(=O)NCCCN2CCc3ccccc3C2)C1. The number of carbonyl (C=O) groups excluding carboxylic acids is 1. The van der Waals surface area contributed by atoms with Gasteiger partial charge in [0.25, 0.3) is 0 Å². The summed E-state index contributed by atoms with van der Waals surface area (Å²) in [5, 5.41) is 14.9. The summed E-state index contributed by atoms with van der Waals surface area (Å²) in [7, 11) is 0. The molecule has 0 saturated heterocycles. The van der Waals surface area contributed by atoms with Crippen LogP contribution in [0.3, 0.4) is 0 Å². The van der Waals surface area contributed by atoms with Crippen LogP contribution in [0.2, 0.25) is 0 Å². The molecule has 0 aromatic heterocycles. The molecule has 2 aliphatic rings. The van der Waals surface area contributed by atoms with Crippen LogP contribution in [0.4, 0.5) is 4.79 Å². The minimum atomic E-state index is -0.798. The van der Waals surface area contributed by atoms with Gasteiger partial charge < -0.3 is 15.7 Å². The Morgan fingerprint density at radius 2 is 2.00 bits per heavy atom. The Morgan fingerprint density at radius 1 is 1.25 bits per heavy atom. The number of likely N-dealkylation sites (N-methyl/N-ethyl adjacent to an activating group) is 1. The zero-order valence-corrected chi connectivity index (χ0v) is 16.7. The molecule has 0 atom stereocenters. The van der Waals surface area contributed by atoms with Crippen molar-refractivity contribution >= 4 is 12.0 Å². The number of hydrogen-bond donors (Lipinski definition) is 3. The lowest BCUT2D eigenvalue weighted by molar-refractivity contribution is -0.139. The van der Waals surface area contributed by atoms with Crippen LogP contribution < -0.4 is 10.6 Å². The van der Waals surface area contributed by atoms with Gasteiger partial charge in [-0.1, -0.05) is 31.2 Å². The highest BCUT2D eigenvalue weighted by Crippen LogP contribution is 2.25. The van der Waals surface area contributed by atoms with E-state index in [2.05, 4.69) is 39.8 Å². The maximum atomic E-state index is 12.0. The highest BCUT2D eigenvalue weighted by molar-refractivity contribution is 5.74. The summed E-state index contributed by atoms with van der Waals surface area (Å²) >= 11 is 0. The van der Waals surface area contributed by atoms with E-state index >= 15 is 0 Å². The third-order valence-corrected chi connectivity index (χ3v) is 5.86. The van der Waals surface area contributed by atoms with Crippen molar-refractivity contribution in [1.82, 2.24) is 20.4 Å². The fourth-order valence-electron chi connectivity index (χ4n) is 4.16. The lowest BCUT2D eigenvalue weighted by Crippen LogP contribution is -2.56. The van der Waals surface area contributed by atoms with E-state index in [1.165, 1.54) is 11.1 Å². The van der Waals surface area contributed by atoms with Gasteiger partial charge in [0.1, 0.15) is 0 Å². The van der Waals surface area contributed by atoms with Gasteiger partial charge in [-0.05, 0) is 43.4 Å². The fourth-order valence-corrected chi connectivity index (χ4v) is 4.16. The number of aliphatic carboxylic acids is 1. The molecule has 154 valence electrons. The molecule has 1 aromatic carbocycles. The average molecular weight is 389 g/mol. The number of hydrogen-bond acceptors (Lipinski definition) is 4. The number of rotatable bonds is 9. The number of amides is 2. The zero-order chi connectivity index (χ0) is 19.9. The molecule has 7 nitrogen and oxygen atoms in total. The Kier molecular flexibility index (Phi) is 7.28. The average Bonchev–Trinajstić information content (AvgIpc) is 2.66. The van der Waals surface area contributed by atoms with Crippen molar-refractivity contribution in [1.29, 1.82) is 0 Å². The molecular formula is C21H32N4O3. The van der Waals surface area contributed by atoms with Crippen LogP contribution in [0.1, 0.15) is 37.3 Å². The van der Waals surface area contributed by atoms with Gasteiger partial charge in [-0.2, -0.15) is 0 Å². The largest absolute Gasteiger partial charge is 0.480 e. The fraction of sp³-hybridized carbons (Fsp3) is 0.619. The Bertz CT molecular complexity index is 675. The standard InChI is InChI=1S/C21H32N4O3/c1-2-25(15-20(26)27)19-12-18(13-19)23-21(28)22-9-5-10-24-11-8-16-6-3-4-7-17(16)14-24/h3-4,6-7,18-19H,2,5,8-15H2,1H3,(H,26,27)(H2,22,23,28). The molecule has 1 heterocycles. The predicted molar refractivity (Wildman–Crippen MR) is 108 cm³/mol. The Labute approximate surface area is 167 Å². The quantitative estimate of drug-likeness (QED) is 0.561. The first-order valence-electron chi connectivity index (χ1n) is 10.3. The van der Waals surface area contributed by atoms with Crippen molar-refractivity contribution in [2.24, 2.45) is 0 Å². The van der Waals surface area contributed by atoms with Gasteiger partial charge in [0, 0.05) is 38.3 Å². The smallest absolute Gasteiger partial charge is 0.317 e. The maximum Gasteiger partial charge on any atom is 0.317 e. The predicted octanol–water partition coefficient (Wildman–Crippen LogP) is 1.67. The molecule has 1 aromatic rings. The second-order valence-corrected chi connectivity index (χ2v) is 7.83. The van der Waals surface area contributed by atoms with Crippen LogP contribution >= 0.6 is 0 Å². The van der Waals surface area contributed by atoms with Crippen LogP contribution in [-0.4, -0.2) is 71.7 Å². The maximum absolute atomic E-state index is 12.0. The Balaban J connectivity index is 1.26. The highest BCUT2D eigenvalue weighted by Gasteiger charge is 2.34. The molecule has 3 rings (SSSR count). The van der Waals surface area contributed by atoms with Crippen LogP contribution in [0, 0.1) is 0 Å². The summed E-state index contributed by atoms with van der Waals surface area (Å²) in [4.78, 5) is 27.3. The first-order chi connectivity index (χ1) is 13.5. The van der Waals surface area contributed by atoms with Gasteiger partial charge in [-0.3, -0.25) is 14.6 Å². The molecule has 0 radical (unpaired) electrons. The molecule has 0 bridgehead atoms. The molecule has 1 saturated carbocycles. The van der Waals surface area contributed by atoms with Gasteiger partial charge in [0.2, 0.25) is 0 Å². The number of nitrogens with one attached hydrogen (secondary N) is 2. The summed E-state index contributed by atoms with van der Waals surface area (Å²) in [6.45, 7) is 6.49. The molecule has 1 aliphatic carbocycles. The number of nitrogens with zero attached hydrogens (tertiary/aromatic N) is 2. The summed E-state index contributed by atoms with van der Waals surface area (Å²) in [6, 6.07) is 8.90. The zero-order valence-electron chi connectivity index (χ0n) is 16.7. The lowest BCUT2D eigenvalue weighted by Gasteiger charge is -2.42. The van der Waals surface area contributed by atoms with E-state index in [1.807, 2.05) is 11.8 Å². The third kappa shape index (κ3) is 5.69. The van der Waals surface area contributed by atoms with Gasteiger partial charge in [-0.15, -0.1) is 0 Å². The molecule has 2 amide bonds. The second kappa shape index (κ2) is 9.89. The van der Waals surface area contributed by atoms with E-state index in [9.17, 15) is 9.59 Å². The van der Waals surface area contributed by atoms with Crippen molar-refractivity contribution in [3.8, 4) is 0 Å². The number of urea groups is 1. The summed E-state index contributed by atoms with van der Waals surface area (Å²) in [5.41, 5.74) is 2.88. The van der Waals surface area contributed by atoms with E-state index in [4.69, 9.17) is 5.11 Å². The highest BCUT2D eigenvalue weighted by atomic mass is 16.4. The van der Waals surface area contributed by atoms with Crippen molar-refractivity contribution in [2.75, 3.05) is 32.7 Å². The molecule has 0 unspecified atom stereocenters. The van der Waals surface area contributed by atoms with E-state index in [1.54, 1.807) is 0 Å². The first kappa shape index (κ1) is 20.6. The molecular weight excluding hydrogens is 356 g/mol. The summed E-state index contributed by atoms with van der Waals surface area (Å²) in [5.74, 6) is -0.798. The van der Waals surface area contributed by atoms with E-state index in [0.29, 0.717) is 6.54 Å². The van der Waals surface area contributed by atoms with Crippen LogP contribution in [0.15, 0.2) is 24.3 Å². The van der Waals surface area contributed by atoms with E-state index in [0.717, 1.165) is 51.9 Å².